The summed E-state index contributed by atoms with van der Waals surface area (Å²) in [5.74, 6) is 0.327. The van der Waals surface area contributed by atoms with Gasteiger partial charge < -0.3 is 25.0 Å². The van der Waals surface area contributed by atoms with Gasteiger partial charge in [-0.2, -0.15) is 0 Å². The van der Waals surface area contributed by atoms with E-state index < -0.39 is 15.8 Å². The second-order valence-electron chi connectivity index (χ2n) is 9.56. The molecule has 0 saturated heterocycles. The van der Waals surface area contributed by atoms with E-state index in [2.05, 4.69) is 10.6 Å². The van der Waals surface area contributed by atoms with Crippen molar-refractivity contribution in [2.75, 3.05) is 61.6 Å². The highest BCUT2D eigenvalue weighted by atomic mass is 32.2. The molecular weight excluding hydrogens is 523 g/mol. The fourth-order valence-electron chi connectivity index (χ4n) is 4.50. The zero-order chi connectivity index (χ0) is 27.7. The number of halogens is 1. The van der Waals surface area contributed by atoms with Crippen LogP contribution >= 0.6 is 0 Å². The number of benzene rings is 3. The molecule has 0 aromatic heterocycles. The number of carbonyl (C=O) groups excluding carboxylic acids is 1. The number of sulfonamides is 1. The molecule has 0 saturated carbocycles. The number of ether oxygens (including phenoxy) is 2. The van der Waals surface area contributed by atoms with Crippen LogP contribution in [0.3, 0.4) is 0 Å². The molecule has 11 heteroatoms. The third-order valence-corrected chi connectivity index (χ3v) is 7.58. The highest BCUT2D eigenvalue weighted by molar-refractivity contribution is 7.92. The molecule has 5 rings (SSSR count). The van der Waals surface area contributed by atoms with E-state index in [1.165, 1.54) is 22.7 Å². The quantitative estimate of drug-likeness (QED) is 0.410. The number of amides is 1. The summed E-state index contributed by atoms with van der Waals surface area (Å²) >= 11 is 0. The van der Waals surface area contributed by atoms with Gasteiger partial charge in [-0.05, 0) is 74.8 Å². The van der Waals surface area contributed by atoms with E-state index >= 15 is 0 Å². The Hall–Kier alpha value is -4.09. The topological polar surface area (TPSA) is 100 Å². The third kappa shape index (κ3) is 5.69. The summed E-state index contributed by atoms with van der Waals surface area (Å²) in [5.41, 5.74) is 3.58. The molecule has 2 aliphatic heterocycles. The van der Waals surface area contributed by atoms with Crippen LogP contribution in [0.15, 0.2) is 60.7 Å². The first-order chi connectivity index (χ1) is 18.6. The van der Waals surface area contributed by atoms with E-state index in [0.717, 1.165) is 0 Å². The van der Waals surface area contributed by atoms with Crippen LogP contribution in [0.1, 0.15) is 11.1 Å². The van der Waals surface area contributed by atoms with Gasteiger partial charge in [-0.1, -0.05) is 0 Å². The Labute approximate surface area is 226 Å². The lowest BCUT2D eigenvalue weighted by atomic mass is 9.99. The van der Waals surface area contributed by atoms with E-state index in [0.29, 0.717) is 77.3 Å². The molecule has 0 aliphatic carbocycles. The average molecular weight is 553 g/mol. The highest BCUT2D eigenvalue weighted by Crippen LogP contribution is 2.40. The van der Waals surface area contributed by atoms with Gasteiger partial charge in [0.2, 0.25) is 10.0 Å². The van der Waals surface area contributed by atoms with Crippen molar-refractivity contribution in [1.82, 2.24) is 4.90 Å². The number of likely N-dealkylation sites (N-methyl/N-ethyl adjacent to an activating group) is 1. The minimum Gasteiger partial charge on any atom is -0.486 e. The average Bonchev–Trinajstić information content (AvgIpc) is 3.21. The minimum atomic E-state index is -3.49. The van der Waals surface area contributed by atoms with Crippen molar-refractivity contribution < 1.29 is 27.1 Å². The van der Waals surface area contributed by atoms with Crippen LogP contribution in [-0.4, -0.2) is 65.9 Å². The van der Waals surface area contributed by atoms with Gasteiger partial charge in [-0.3, -0.25) is 9.10 Å². The van der Waals surface area contributed by atoms with E-state index in [4.69, 9.17) is 9.47 Å². The van der Waals surface area contributed by atoms with Crippen LogP contribution in [-0.2, 0) is 14.8 Å². The summed E-state index contributed by atoms with van der Waals surface area (Å²) in [5, 5.41) is 6.08. The lowest BCUT2D eigenvalue weighted by Gasteiger charge is -2.24. The zero-order valence-corrected chi connectivity index (χ0v) is 22.6. The molecule has 39 heavy (non-hydrogen) atoms. The second kappa shape index (κ2) is 10.6. The lowest BCUT2D eigenvalue weighted by Crippen LogP contribution is -2.35. The van der Waals surface area contributed by atoms with Crippen LogP contribution in [0.5, 0.6) is 11.5 Å². The molecule has 3 aromatic rings. The van der Waals surface area contributed by atoms with Crippen LogP contribution < -0.4 is 24.4 Å². The maximum atomic E-state index is 13.9. The number of anilines is 3. The monoisotopic (exact) mass is 552 g/mol. The highest BCUT2D eigenvalue weighted by Gasteiger charge is 2.29. The molecule has 0 unspecified atom stereocenters. The molecule has 0 radical (unpaired) electrons. The van der Waals surface area contributed by atoms with Gasteiger partial charge in [-0.25, -0.2) is 12.8 Å². The van der Waals surface area contributed by atoms with Crippen molar-refractivity contribution in [3.05, 3.63) is 77.6 Å². The molecule has 9 nitrogen and oxygen atoms in total. The van der Waals surface area contributed by atoms with E-state index in [1.807, 2.05) is 25.1 Å². The summed E-state index contributed by atoms with van der Waals surface area (Å²) in [6.45, 7) is 1.72. The summed E-state index contributed by atoms with van der Waals surface area (Å²) in [6.07, 6.45) is 1.18. The molecule has 204 valence electrons. The first-order valence-electron chi connectivity index (χ1n) is 12.4. The molecule has 2 heterocycles. The Morgan fingerprint density at radius 2 is 1.69 bits per heavy atom. The molecular formula is C28H29FN4O5S. The molecule has 0 spiro atoms. The van der Waals surface area contributed by atoms with Gasteiger partial charge in [0.15, 0.2) is 11.5 Å². The van der Waals surface area contributed by atoms with E-state index in [1.54, 1.807) is 42.5 Å². The Morgan fingerprint density at radius 3 is 2.38 bits per heavy atom. The Balaban J connectivity index is 1.55. The summed E-state index contributed by atoms with van der Waals surface area (Å²) in [6, 6.07) is 16.5. The number of hydrogen-bond acceptors (Lipinski definition) is 7. The second-order valence-corrected chi connectivity index (χ2v) is 11.5. The lowest BCUT2D eigenvalue weighted by molar-refractivity contribution is -0.110. The standard InChI is InChI=1S/C28H29FN4O5S/c1-32(2)12-13-33(39(3,35)36)21-8-6-20(7-9-21)30-27(18-4-11-24-25(16-18)38-15-14-37-24)26-22-10-5-19(29)17-23(22)31-28(26)34/h4-11,16-17,30H,12-15H2,1-3H3,(H,31,34). The number of nitrogens with zero attached hydrogens (tertiary/aromatic N) is 2. The molecule has 2 N–H and O–H groups in total. The maximum Gasteiger partial charge on any atom is 0.258 e. The number of carbonyl (C=O) groups is 1. The Morgan fingerprint density at radius 1 is 0.974 bits per heavy atom. The van der Waals surface area contributed by atoms with E-state index in [9.17, 15) is 17.6 Å². The smallest absolute Gasteiger partial charge is 0.258 e. The number of hydrogen-bond donors (Lipinski definition) is 2. The predicted molar refractivity (Wildman–Crippen MR) is 150 cm³/mol. The van der Waals surface area contributed by atoms with Gasteiger partial charge in [0, 0.05) is 29.9 Å². The van der Waals surface area contributed by atoms with Crippen molar-refractivity contribution in [3.8, 4) is 11.5 Å². The number of fused-ring (bicyclic) bond motifs is 2. The van der Waals surface area contributed by atoms with Gasteiger partial charge in [0.05, 0.1) is 28.9 Å². The minimum absolute atomic E-state index is 0.304. The fourth-order valence-corrected chi connectivity index (χ4v) is 5.42. The van der Waals surface area contributed by atoms with Crippen molar-refractivity contribution >= 4 is 44.3 Å². The van der Waals surface area contributed by atoms with Crippen LogP contribution in [0.25, 0.3) is 11.3 Å². The van der Waals surface area contributed by atoms with Gasteiger partial charge in [0.1, 0.15) is 19.0 Å². The largest absolute Gasteiger partial charge is 0.486 e. The Kier molecular flexibility index (Phi) is 7.19. The number of rotatable bonds is 8. The normalized spacial score (nSPS) is 15.6. The van der Waals surface area contributed by atoms with Crippen molar-refractivity contribution in [3.63, 3.8) is 0 Å². The zero-order valence-electron chi connectivity index (χ0n) is 21.8. The first kappa shape index (κ1) is 26.5. The predicted octanol–water partition coefficient (Wildman–Crippen LogP) is 3.86. The van der Waals surface area contributed by atoms with Crippen molar-refractivity contribution in [2.45, 2.75) is 0 Å². The molecule has 2 aliphatic rings. The van der Waals surface area contributed by atoms with Gasteiger partial charge in [-0.15, -0.1) is 0 Å². The molecule has 3 aromatic carbocycles. The fraction of sp³-hybridized carbons (Fsp3) is 0.250. The van der Waals surface area contributed by atoms with Crippen molar-refractivity contribution in [2.24, 2.45) is 0 Å². The first-order valence-corrected chi connectivity index (χ1v) is 14.2. The van der Waals surface area contributed by atoms with Crippen molar-refractivity contribution in [1.29, 1.82) is 0 Å². The van der Waals surface area contributed by atoms with Crippen LogP contribution in [0.4, 0.5) is 21.5 Å². The maximum absolute atomic E-state index is 13.9. The molecule has 0 bridgehead atoms. The SMILES string of the molecule is CN(C)CCN(c1ccc(NC(=C2C(=O)Nc3cc(F)ccc32)c2ccc3c(c2)OCCO3)cc1)S(C)(=O)=O. The summed E-state index contributed by atoms with van der Waals surface area (Å²) in [7, 11) is 0.271. The number of nitrogens with one attached hydrogen (secondary N) is 2. The van der Waals surface area contributed by atoms with Crippen LogP contribution in [0, 0.1) is 5.82 Å². The van der Waals surface area contributed by atoms with E-state index in [-0.39, 0.29) is 5.91 Å². The molecule has 0 fully saturated rings. The molecule has 0 atom stereocenters. The van der Waals surface area contributed by atoms with Crippen LogP contribution in [0.2, 0.25) is 0 Å². The Bertz CT molecular complexity index is 1550. The van der Waals surface area contributed by atoms with Gasteiger partial charge in [0.25, 0.3) is 5.91 Å². The summed E-state index contributed by atoms with van der Waals surface area (Å²) in [4.78, 5) is 15.1. The summed E-state index contributed by atoms with van der Waals surface area (Å²) < 4.78 is 51.6. The molecule has 1 amide bonds. The third-order valence-electron chi connectivity index (χ3n) is 6.38. The van der Waals surface area contributed by atoms with Gasteiger partial charge >= 0.3 is 0 Å².